The fraction of sp³-hybridized carbons (Fsp3) is 0.625. The van der Waals surface area contributed by atoms with E-state index in [4.69, 9.17) is 16.3 Å². The molecule has 1 unspecified atom stereocenters. The predicted octanol–water partition coefficient (Wildman–Crippen LogP) is 4.87. The van der Waals surface area contributed by atoms with E-state index < -0.39 is 0 Å². The van der Waals surface area contributed by atoms with E-state index in [-0.39, 0.29) is 0 Å². The normalized spacial score (nSPS) is 24.8. The van der Waals surface area contributed by atoms with Gasteiger partial charge in [0, 0.05) is 17.8 Å². The average Bonchev–Trinajstić information content (AvgIpc) is 2.46. The Morgan fingerprint density at radius 3 is 2.63 bits per heavy atom. The minimum absolute atomic E-state index is 0.575. The van der Waals surface area contributed by atoms with E-state index in [2.05, 4.69) is 11.4 Å². The van der Waals surface area contributed by atoms with Crippen LogP contribution in [0.5, 0.6) is 5.75 Å². The zero-order valence-corrected chi connectivity index (χ0v) is 12.3. The second-order valence-electron chi connectivity index (χ2n) is 6.01. The molecule has 1 atom stereocenters. The summed E-state index contributed by atoms with van der Waals surface area (Å²) in [6, 6.07) is 6.62. The number of hydrogen-bond donors (Lipinski definition) is 1. The molecule has 3 rings (SSSR count). The van der Waals surface area contributed by atoms with Crippen LogP contribution in [0.2, 0.25) is 5.02 Å². The number of rotatable bonds is 3. The molecule has 0 amide bonds. The van der Waals surface area contributed by atoms with Crippen molar-refractivity contribution in [3.05, 3.63) is 23.2 Å². The average molecular weight is 280 g/mol. The second kappa shape index (κ2) is 5.24. The molecule has 104 valence electrons. The number of hydrogen-bond acceptors (Lipinski definition) is 2. The molecule has 1 spiro atoms. The van der Waals surface area contributed by atoms with Crippen molar-refractivity contribution in [3.63, 3.8) is 0 Å². The van der Waals surface area contributed by atoms with Crippen LogP contribution in [0.4, 0.5) is 5.69 Å². The highest BCUT2D eigenvalue weighted by atomic mass is 35.5. The first kappa shape index (κ1) is 13.1. The molecule has 2 saturated carbocycles. The summed E-state index contributed by atoms with van der Waals surface area (Å²) in [7, 11) is 1.66. The van der Waals surface area contributed by atoms with Gasteiger partial charge in [-0.2, -0.15) is 0 Å². The van der Waals surface area contributed by atoms with Crippen molar-refractivity contribution >= 4 is 17.3 Å². The largest absolute Gasteiger partial charge is 0.495 e. The molecule has 19 heavy (non-hydrogen) atoms. The molecule has 1 aromatic carbocycles. The third-order valence-corrected chi connectivity index (χ3v) is 5.32. The molecule has 3 heteroatoms. The molecule has 0 heterocycles. The summed E-state index contributed by atoms with van der Waals surface area (Å²) in [6.45, 7) is 0. The van der Waals surface area contributed by atoms with Gasteiger partial charge in [-0.25, -0.2) is 0 Å². The van der Waals surface area contributed by atoms with Crippen LogP contribution in [0.3, 0.4) is 0 Å². The SMILES string of the molecule is COc1cc(NC2CCC23CCCCC3)ccc1Cl. The summed E-state index contributed by atoms with van der Waals surface area (Å²) in [6.07, 6.45) is 9.72. The maximum absolute atomic E-state index is 6.07. The van der Waals surface area contributed by atoms with E-state index in [1.807, 2.05) is 12.1 Å². The highest BCUT2D eigenvalue weighted by Crippen LogP contribution is 2.52. The monoisotopic (exact) mass is 279 g/mol. The molecule has 0 aromatic heterocycles. The maximum Gasteiger partial charge on any atom is 0.139 e. The lowest BCUT2D eigenvalue weighted by Gasteiger charge is -2.52. The summed E-state index contributed by atoms with van der Waals surface area (Å²) in [4.78, 5) is 0. The fourth-order valence-corrected chi connectivity index (χ4v) is 3.92. The Morgan fingerprint density at radius 2 is 2.00 bits per heavy atom. The summed E-state index contributed by atoms with van der Waals surface area (Å²) >= 11 is 6.07. The lowest BCUT2D eigenvalue weighted by molar-refractivity contribution is 0.0571. The van der Waals surface area contributed by atoms with Gasteiger partial charge in [0.2, 0.25) is 0 Å². The van der Waals surface area contributed by atoms with Gasteiger partial charge < -0.3 is 10.1 Å². The fourth-order valence-electron chi connectivity index (χ4n) is 3.73. The van der Waals surface area contributed by atoms with Crippen LogP contribution in [0.25, 0.3) is 0 Å². The van der Waals surface area contributed by atoms with Crippen molar-refractivity contribution in [1.29, 1.82) is 0 Å². The van der Waals surface area contributed by atoms with E-state index in [1.165, 1.54) is 44.9 Å². The van der Waals surface area contributed by atoms with Crippen molar-refractivity contribution in [2.24, 2.45) is 5.41 Å². The Morgan fingerprint density at radius 1 is 1.21 bits per heavy atom. The van der Waals surface area contributed by atoms with E-state index >= 15 is 0 Å². The Bertz CT molecular complexity index is 454. The Kier molecular flexibility index (Phi) is 3.62. The van der Waals surface area contributed by atoms with E-state index in [1.54, 1.807) is 7.11 Å². The molecule has 1 aromatic rings. The molecular formula is C16H22ClNO. The van der Waals surface area contributed by atoms with Crippen molar-refractivity contribution in [2.75, 3.05) is 12.4 Å². The van der Waals surface area contributed by atoms with Crippen molar-refractivity contribution < 1.29 is 4.74 Å². The second-order valence-corrected chi connectivity index (χ2v) is 6.42. The number of nitrogens with one attached hydrogen (secondary N) is 1. The van der Waals surface area contributed by atoms with Crippen LogP contribution in [0, 0.1) is 5.41 Å². The van der Waals surface area contributed by atoms with Gasteiger partial charge >= 0.3 is 0 Å². The lowest BCUT2D eigenvalue weighted by atomic mass is 9.57. The zero-order chi connectivity index (χ0) is 13.3. The minimum Gasteiger partial charge on any atom is -0.495 e. The number of halogens is 1. The topological polar surface area (TPSA) is 21.3 Å². The number of benzene rings is 1. The molecule has 2 fully saturated rings. The Balaban J connectivity index is 1.71. The smallest absolute Gasteiger partial charge is 0.139 e. The van der Waals surface area contributed by atoms with Gasteiger partial charge in [-0.3, -0.25) is 0 Å². The highest BCUT2D eigenvalue weighted by molar-refractivity contribution is 6.32. The Labute approximate surface area is 120 Å². The summed E-state index contributed by atoms with van der Waals surface area (Å²) in [5.41, 5.74) is 1.71. The first-order valence-electron chi connectivity index (χ1n) is 7.34. The molecule has 2 nitrogen and oxygen atoms in total. The summed E-state index contributed by atoms with van der Waals surface area (Å²) < 4.78 is 5.28. The summed E-state index contributed by atoms with van der Waals surface area (Å²) in [5, 5.41) is 4.38. The van der Waals surface area contributed by atoms with Crippen LogP contribution < -0.4 is 10.1 Å². The van der Waals surface area contributed by atoms with E-state index in [9.17, 15) is 0 Å². The third-order valence-electron chi connectivity index (χ3n) is 5.01. The molecule has 0 bridgehead atoms. The van der Waals surface area contributed by atoms with Crippen LogP contribution in [-0.4, -0.2) is 13.2 Å². The van der Waals surface area contributed by atoms with Crippen LogP contribution in [0.1, 0.15) is 44.9 Å². The number of anilines is 1. The van der Waals surface area contributed by atoms with Gasteiger partial charge in [0.15, 0.2) is 0 Å². The zero-order valence-electron chi connectivity index (χ0n) is 11.5. The summed E-state index contributed by atoms with van der Waals surface area (Å²) in [5.74, 6) is 0.753. The molecule has 1 N–H and O–H groups in total. The molecule has 0 saturated heterocycles. The Hall–Kier alpha value is -0.890. The van der Waals surface area contributed by atoms with E-state index in [0.717, 1.165) is 11.4 Å². The quantitative estimate of drug-likeness (QED) is 0.852. The number of ether oxygens (including phenoxy) is 1. The van der Waals surface area contributed by atoms with Crippen molar-refractivity contribution in [2.45, 2.75) is 51.0 Å². The van der Waals surface area contributed by atoms with Gasteiger partial charge in [-0.05, 0) is 43.2 Å². The standard InChI is InChI=1S/C16H22ClNO/c1-19-14-11-12(5-6-13(14)17)18-15-7-10-16(15)8-3-2-4-9-16/h5-6,11,15,18H,2-4,7-10H2,1H3. The number of methoxy groups -OCH3 is 1. The first-order valence-corrected chi connectivity index (χ1v) is 7.71. The maximum atomic E-state index is 6.07. The van der Waals surface area contributed by atoms with Gasteiger partial charge in [-0.1, -0.05) is 30.9 Å². The van der Waals surface area contributed by atoms with Gasteiger partial charge in [0.25, 0.3) is 0 Å². The van der Waals surface area contributed by atoms with Crippen molar-refractivity contribution in [1.82, 2.24) is 0 Å². The molecule has 2 aliphatic rings. The molecule has 0 radical (unpaired) electrons. The van der Waals surface area contributed by atoms with Gasteiger partial charge in [0.05, 0.1) is 12.1 Å². The van der Waals surface area contributed by atoms with Gasteiger partial charge in [0.1, 0.15) is 5.75 Å². The van der Waals surface area contributed by atoms with E-state index in [0.29, 0.717) is 16.5 Å². The van der Waals surface area contributed by atoms with Crippen molar-refractivity contribution in [3.8, 4) is 5.75 Å². The molecular weight excluding hydrogens is 258 g/mol. The first-order chi connectivity index (χ1) is 9.23. The third kappa shape index (κ3) is 2.43. The minimum atomic E-state index is 0.575. The van der Waals surface area contributed by atoms with Crippen LogP contribution >= 0.6 is 11.6 Å². The van der Waals surface area contributed by atoms with Crippen LogP contribution in [0.15, 0.2) is 18.2 Å². The van der Waals surface area contributed by atoms with Gasteiger partial charge in [-0.15, -0.1) is 0 Å². The highest BCUT2D eigenvalue weighted by Gasteiger charge is 2.46. The van der Waals surface area contributed by atoms with Crippen LogP contribution in [-0.2, 0) is 0 Å². The molecule has 0 aliphatic heterocycles. The predicted molar refractivity (Wildman–Crippen MR) is 80.2 cm³/mol. The molecule has 2 aliphatic carbocycles. The lowest BCUT2D eigenvalue weighted by Crippen LogP contribution is -2.50.